The third-order valence-corrected chi connectivity index (χ3v) is 3.52. The molecule has 0 radical (unpaired) electrons. The minimum atomic E-state index is -0.767. The van der Waals surface area contributed by atoms with E-state index in [-0.39, 0.29) is 31.9 Å². The number of hydrogen-bond acceptors (Lipinski definition) is 7. The Kier molecular flexibility index (Phi) is 7.87. The van der Waals surface area contributed by atoms with E-state index >= 15 is 0 Å². The van der Waals surface area contributed by atoms with Gasteiger partial charge in [-0.2, -0.15) is 0 Å². The van der Waals surface area contributed by atoms with Gasteiger partial charge in [-0.1, -0.05) is 12.1 Å². The second-order valence-electron chi connectivity index (χ2n) is 7.23. The van der Waals surface area contributed by atoms with E-state index in [2.05, 4.69) is 26.1 Å². The van der Waals surface area contributed by atoms with Crippen LogP contribution >= 0.6 is 0 Å². The SMILES string of the molecule is CC(C)(C)OC(=O)NNC(=O)CCOCCNC(=O)c1nc2ccccc2[nH]c1=O. The third kappa shape index (κ3) is 7.51. The topological polar surface area (TPSA) is 152 Å². The summed E-state index contributed by atoms with van der Waals surface area (Å²) in [4.78, 5) is 53.8. The quantitative estimate of drug-likeness (QED) is 0.379. The van der Waals surface area contributed by atoms with E-state index < -0.39 is 29.1 Å². The Hall–Kier alpha value is -3.47. The van der Waals surface area contributed by atoms with Crippen LogP contribution in [0.1, 0.15) is 37.7 Å². The summed E-state index contributed by atoms with van der Waals surface area (Å²) < 4.78 is 10.2. The van der Waals surface area contributed by atoms with Gasteiger partial charge in [-0.25, -0.2) is 15.2 Å². The summed E-state index contributed by atoms with van der Waals surface area (Å²) in [5.74, 6) is -1.08. The van der Waals surface area contributed by atoms with E-state index in [1.54, 1.807) is 45.0 Å². The van der Waals surface area contributed by atoms with E-state index in [0.29, 0.717) is 11.0 Å². The zero-order valence-corrected chi connectivity index (χ0v) is 17.0. The molecule has 0 aliphatic carbocycles. The summed E-state index contributed by atoms with van der Waals surface area (Å²) in [7, 11) is 0. The molecule has 2 rings (SSSR count). The monoisotopic (exact) mass is 419 g/mol. The second kappa shape index (κ2) is 10.3. The number of para-hydroxylation sites is 2. The summed E-state index contributed by atoms with van der Waals surface area (Å²) in [6, 6.07) is 6.89. The zero-order chi connectivity index (χ0) is 22.1. The molecule has 0 saturated carbocycles. The first-order valence-corrected chi connectivity index (χ1v) is 9.28. The maximum Gasteiger partial charge on any atom is 0.426 e. The van der Waals surface area contributed by atoms with Crippen molar-refractivity contribution in [2.45, 2.75) is 32.8 Å². The lowest BCUT2D eigenvalue weighted by Crippen LogP contribution is -2.44. The molecule has 0 fully saturated rings. The number of hydrogen-bond donors (Lipinski definition) is 4. The highest BCUT2D eigenvalue weighted by Gasteiger charge is 2.16. The van der Waals surface area contributed by atoms with Crippen molar-refractivity contribution in [3.8, 4) is 0 Å². The molecule has 0 bridgehead atoms. The van der Waals surface area contributed by atoms with Gasteiger partial charge >= 0.3 is 6.09 Å². The van der Waals surface area contributed by atoms with Crippen LogP contribution in [-0.4, -0.2) is 53.2 Å². The first-order chi connectivity index (χ1) is 14.2. The third-order valence-electron chi connectivity index (χ3n) is 3.52. The molecular weight excluding hydrogens is 394 g/mol. The number of carbonyl (C=O) groups is 3. The van der Waals surface area contributed by atoms with E-state index in [1.165, 1.54) is 0 Å². The number of fused-ring (bicyclic) bond motifs is 1. The van der Waals surface area contributed by atoms with Crippen molar-refractivity contribution in [3.05, 3.63) is 40.3 Å². The molecule has 1 aromatic carbocycles. The average Bonchev–Trinajstić information content (AvgIpc) is 2.67. The van der Waals surface area contributed by atoms with Gasteiger partial charge in [0.15, 0.2) is 5.69 Å². The van der Waals surface area contributed by atoms with Crippen LogP contribution in [-0.2, 0) is 14.3 Å². The van der Waals surface area contributed by atoms with Crippen LogP contribution in [0.25, 0.3) is 11.0 Å². The van der Waals surface area contributed by atoms with Crippen LogP contribution in [0.15, 0.2) is 29.1 Å². The van der Waals surface area contributed by atoms with Crippen LogP contribution in [0.2, 0.25) is 0 Å². The Balaban J connectivity index is 1.64. The Bertz CT molecular complexity index is 966. The number of amides is 3. The van der Waals surface area contributed by atoms with Crippen molar-refractivity contribution >= 4 is 28.9 Å². The lowest BCUT2D eigenvalue weighted by molar-refractivity contribution is -0.123. The molecule has 1 aromatic heterocycles. The molecule has 0 unspecified atom stereocenters. The molecule has 0 saturated heterocycles. The highest BCUT2D eigenvalue weighted by atomic mass is 16.6. The number of rotatable bonds is 7. The lowest BCUT2D eigenvalue weighted by atomic mass is 10.2. The fourth-order valence-electron chi connectivity index (χ4n) is 2.26. The molecule has 3 amide bonds. The minimum Gasteiger partial charge on any atom is -0.443 e. The largest absolute Gasteiger partial charge is 0.443 e. The van der Waals surface area contributed by atoms with E-state index in [1.807, 2.05) is 0 Å². The van der Waals surface area contributed by atoms with Crippen LogP contribution in [0.5, 0.6) is 0 Å². The molecule has 0 atom stereocenters. The van der Waals surface area contributed by atoms with Gasteiger partial charge in [-0.3, -0.25) is 19.8 Å². The van der Waals surface area contributed by atoms with Crippen molar-refractivity contribution < 1.29 is 23.9 Å². The van der Waals surface area contributed by atoms with Gasteiger partial charge < -0.3 is 19.8 Å². The zero-order valence-electron chi connectivity index (χ0n) is 17.0. The van der Waals surface area contributed by atoms with Crippen molar-refractivity contribution in [3.63, 3.8) is 0 Å². The Labute approximate surface area is 172 Å². The number of carbonyl (C=O) groups excluding carboxylic acids is 3. The van der Waals surface area contributed by atoms with Gasteiger partial charge in [0.2, 0.25) is 5.91 Å². The average molecular weight is 419 g/mol. The van der Waals surface area contributed by atoms with Crippen molar-refractivity contribution in [2.24, 2.45) is 0 Å². The molecular formula is C19H25N5O6. The van der Waals surface area contributed by atoms with Crippen molar-refractivity contribution in [1.29, 1.82) is 0 Å². The van der Waals surface area contributed by atoms with Gasteiger partial charge in [-0.15, -0.1) is 0 Å². The standard InChI is InChI=1S/C19H25N5O6/c1-19(2,3)30-18(28)24-23-14(25)8-10-29-11-9-20-16(26)15-17(27)22-13-7-5-4-6-12(13)21-15/h4-7H,8-11H2,1-3H3,(H,20,26)(H,22,27)(H,23,25)(H,24,28). The first kappa shape index (κ1) is 22.8. The van der Waals surface area contributed by atoms with Gasteiger partial charge in [0, 0.05) is 6.54 Å². The predicted molar refractivity (Wildman–Crippen MR) is 108 cm³/mol. The smallest absolute Gasteiger partial charge is 0.426 e. The molecule has 11 heteroatoms. The summed E-state index contributed by atoms with van der Waals surface area (Å²) in [5.41, 5.74) is 3.89. The summed E-state index contributed by atoms with van der Waals surface area (Å²) >= 11 is 0. The maximum atomic E-state index is 12.1. The number of aromatic amines is 1. The molecule has 0 aliphatic heterocycles. The highest BCUT2D eigenvalue weighted by molar-refractivity contribution is 5.93. The number of hydrazine groups is 1. The van der Waals surface area contributed by atoms with Crippen LogP contribution < -0.4 is 21.7 Å². The van der Waals surface area contributed by atoms with Gasteiger partial charge in [0.1, 0.15) is 5.60 Å². The van der Waals surface area contributed by atoms with E-state index in [9.17, 15) is 19.2 Å². The fourth-order valence-corrected chi connectivity index (χ4v) is 2.26. The lowest BCUT2D eigenvalue weighted by Gasteiger charge is -2.19. The highest BCUT2D eigenvalue weighted by Crippen LogP contribution is 2.06. The number of nitrogens with one attached hydrogen (secondary N) is 4. The van der Waals surface area contributed by atoms with Gasteiger partial charge in [0.25, 0.3) is 11.5 Å². The molecule has 30 heavy (non-hydrogen) atoms. The number of benzene rings is 1. The molecule has 1 heterocycles. The first-order valence-electron chi connectivity index (χ1n) is 9.28. The van der Waals surface area contributed by atoms with Crippen LogP contribution in [0.4, 0.5) is 4.79 Å². The number of H-pyrrole nitrogens is 1. The Morgan fingerprint density at radius 2 is 1.83 bits per heavy atom. The number of nitrogens with zero attached hydrogens (tertiary/aromatic N) is 1. The Morgan fingerprint density at radius 1 is 1.10 bits per heavy atom. The summed E-state index contributed by atoms with van der Waals surface area (Å²) in [6.45, 7) is 5.44. The van der Waals surface area contributed by atoms with Crippen LogP contribution in [0.3, 0.4) is 0 Å². The van der Waals surface area contributed by atoms with Gasteiger partial charge in [0.05, 0.1) is 30.7 Å². The normalized spacial score (nSPS) is 11.0. The molecule has 162 valence electrons. The summed E-state index contributed by atoms with van der Waals surface area (Å²) in [6.07, 6.45) is -0.771. The van der Waals surface area contributed by atoms with Crippen molar-refractivity contribution in [2.75, 3.05) is 19.8 Å². The predicted octanol–water partition coefficient (Wildman–Crippen LogP) is 0.616. The molecule has 0 spiro atoms. The number of ether oxygens (including phenoxy) is 2. The fraction of sp³-hybridized carbons (Fsp3) is 0.421. The van der Waals surface area contributed by atoms with E-state index in [0.717, 1.165) is 0 Å². The summed E-state index contributed by atoms with van der Waals surface area (Å²) in [5, 5.41) is 2.53. The molecule has 0 aliphatic rings. The maximum absolute atomic E-state index is 12.1. The van der Waals surface area contributed by atoms with Gasteiger partial charge in [-0.05, 0) is 32.9 Å². The molecule has 4 N–H and O–H groups in total. The van der Waals surface area contributed by atoms with Crippen LogP contribution in [0, 0.1) is 0 Å². The molecule has 11 nitrogen and oxygen atoms in total. The molecule has 2 aromatic rings. The van der Waals surface area contributed by atoms with E-state index in [4.69, 9.17) is 9.47 Å². The van der Waals surface area contributed by atoms with Crippen molar-refractivity contribution in [1.82, 2.24) is 26.1 Å². The Morgan fingerprint density at radius 3 is 2.57 bits per heavy atom. The number of aromatic nitrogens is 2. The second-order valence-corrected chi connectivity index (χ2v) is 7.23. The minimum absolute atomic E-state index is 0.00432.